The molecule has 0 amide bonds. The summed E-state index contributed by atoms with van der Waals surface area (Å²) in [6.07, 6.45) is 6.99. The number of halogens is 1. The van der Waals surface area contributed by atoms with Gasteiger partial charge in [0.2, 0.25) is 10.0 Å². The van der Waals surface area contributed by atoms with Gasteiger partial charge < -0.3 is 4.42 Å². The molecule has 3 aromatic rings. The number of hydrogen-bond donors (Lipinski definition) is 0. The molecule has 1 fully saturated rings. The van der Waals surface area contributed by atoms with Crippen LogP contribution >= 0.6 is 11.6 Å². The van der Waals surface area contributed by atoms with Gasteiger partial charge in [-0.25, -0.2) is 8.42 Å². The van der Waals surface area contributed by atoms with Gasteiger partial charge in [0.15, 0.2) is 0 Å². The van der Waals surface area contributed by atoms with Crippen molar-refractivity contribution >= 4 is 33.8 Å². The molecule has 1 aromatic heterocycles. The van der Waals surface area contributed by atoms with Crippen LogP contribution in [0.2, 0.25) is 5.02 Å². The Morgan fingerprint density at radius 1 is 0.939 bits per heavy atom. The molecule has 0 bridgehead atoms. The molecule has 0 aliphatic carbocycles. The van der Waals surface area contributed by atoms with E-state index in [9.17, 15) is 8.42 Å². The lowest BCUT2D eigenvalue weighted by atomic mass is 10.1. The summed E-state index contributed by atoms with van der Waals surface area (Å²) in [5.41, 5.74) is 2.91. The van der Waals surface area contributed by atoms with Crippen LogP contribution in [0, 0.1) is 0 Å². The van der Waals surface area contributed by atoms with Crippen LogP contribution in [0.1, 0.15) is 41.1 Å². The fourth-order valence-electron chi connectivity index (χ4n) is 4.52. The summed E-state index contributed by atoms with van der Waals surface area (Å²) in [7, 11) is -3.57. The molecule has 2 aromatic carbocycles. The normalized spacial score (nSPS) is 17.6. The Morgan fingerprint density at radius 3 is 2.45 bits per heavy atom. The highest BCUT2D eigenvalue weighted by Gasteiger charge is 2.30. The lowest BCUT2D eigenvalue weighted by Crippen LogP contribution is -2.35. The molecular formula is C26H27ClN2O3S. The second-order valence-corrected chi connectivity index (χ2v) is 11.1. The minimum absolute atomic E-state index is 0.312. The summed E-state index contributed by atoms with van der Waals surface area (Å²) in [4.78, 5) is 2.70. The molecule has 0 atom stereocenters. The molecule has 33 heavy (non-hydrogen) atoms. The van der Waals surface area contributed by atoms with Gasteiger partial charge in [-0.15, -0.1) is 0 Å². The van der Waals surface area contributed by atoms with Gasteiger partial charge in [-0.2, -0.15) is 4.31 Å². The second kappa shape index (κ2) is 9.47. The van der Waals surface area contributed by atoms with Crippen LogP contribution in [-0.2, 0) is 29.5 Å². The maximum atomic E-state index is 13.3. The number of sulfonamides is 1. The predicted octanol–water partition coefficient (Wildman–Crippen LogP) is 5.45. The Kier molecular flexibility index (Phi) is 6.43. The lowest BCUT2D eigenvalue weighted by Gasteiger charge is -2.25. The van der Waals surface area contributed by atoms with Crippen LogP contribution in [0.4, 0.5) is 0 Å². The third-order valence-electron chi connectivity index (χ3n) is 6.30. The zero-order chi connectivity index (χ0) is 22.8. The van der Waals surface area contributed by atoms with Crippen molar-refractivity contribution in [2.75, 3.05) is 19.6 Å². The number of nitrogens with zero attached hydrogens (tertiary/aromatic N) is 2. The van der Waals surface area contributed by atoms with Crippen LogP contribution in [-0.4, -0.2) is 37.3 Å². The fraction of sp³-hybridized carbons (Fsp3) is 0.308. The number of likely N-dealkylation sites (tertiary alicyclic amines) is 1. The molecule has 0 unspecified atom stereocenters. The van der Waals surface area contributed by atoms with Crippen LogP contribution < -0.4 is 0 Å². The summed E-state index contributed by atoms with van der Waals surface area (Å²) in [5.74, 6) is 1.87. The molecule has 5 rings (SSSR count). The van der Waals surface area contributed by atoms with E-state index in [1.807, 2.05) is 54.6 Å². The van der Waals surface area contributed by atoms with E-state index in [1.165, 1.54) is 12.8 Å². The first-order valence-corrected chi connectivity index (χ1v) is 13.2. The zero-order valence-electron chi connectivity index (χ0n) is 18.4. The van der Waals surface area contributed by atoms with Gasteiger partial charge in [0.05, 0.1) is 11.4 Å². The molecule has 0 N–H and O–H groups in total. The molecule has 7 heteroatoms. The lowest BCUT2D eigenvalue weighted by molar-refractivity contribution is 0.288. The van der Waals surface area contributed by atoms with Crippen LogP contribution in [0.5, 0.6) is 0 Å². The largest absolute Gasteiger partial charge is 0.464 e. The minimum atomic E-state index is -3.57. The van der Waals surface area contributed by atoms with Crippen molar-refractivity contribution in [3.63, 3.8) is 0 Å². The molecule has 0 spiro atoms. The van der Waals surface area contributed by atoms with Crippen molar-refractivity contribution in [2.24, 2.45) is 0 Å². The van der Waals surface area contributed by atoms with E-state index in [0.717, 1.165) is 47.8 Å². The van der Waals surface area contributed by atoms with Gasteiger partial charge in [0.1, 0.15) is 11.5 Å². The van der Waals surface area contributed by atoms with E-state index in [2.05, 4.69) is 4.90 Å². The highest BCUT2D eigenvalue weighted by atomic mass is 35.5. The number of furan rings is 1. The molecule has 3 heterocycles. The number of hydrogen-bond acceptors (Lipinski definition) is 4. The summed E-state index contributed by atoms with van der Waals surface area (Å²) >= 11 is 6.03. The van der Waals surface area contributed by atoms with E-state index in [4.69, 9.17) is 16.0 Å². The highest BCUT2D eigenvalue weighted by Crippen LogP contribution is 2.28. The van der Waals surface area contributed by atoms with Crippen LogP contribution in [0.25, 0.3) is 12.2 Å². The topological polar surface area (TPSA) is 53.8 Å². The van der Waals surface area contributed by atoms with E-state index in [1.54, 1.807) is 16.4 Å². The molecular weight excluding hydrogens is 456 g/mol. The first kappa shape index (κ1) is 22.4. The van der Waals surface area contributed by atoms with Gasteiger partial charge >= 0.3 is 0 Å². The Labute approximate surface area is 200 Å². The Hall–Kier alpha value is -2.38. The average Bonchev–Trinajstić information content (AvgIpc) is 3.47. The Morgan fingerprint density at radius 2 is 1.70 bits per heavy atom. The summed E-state index contributed by atoms with van der Waals surface area (Å²) < 4.78 is 34.1. The van der Waals surface area contributed by atoms with Gasteiger partial charge in [0, 0.05) is 30.1 Å². The third kappa shape index (κ3) is 5.09. The van der Waals surface area contributed by atoms with Crippen LogP contribution in [0.15, 0.2) is 63.9 Å². The predicted molar refractivity (Wildman–Crippen MR) is 131 cm³/mol. The van der Waals surface area contributed by atoms with Crippen molar-refractivity contribution in [3.8, 4) is 0 Å². The van der Waals surface area contributed by atoms with Gasteiger partial charge in [-0.3, -0.25) is 4.90 Å². The zero-order valence-corrected chi connectivity index (χ0v) is 20.0. The first-order valence-electron chi connectivity index (χ1n) is 11.3. The van der Waals surface area contributed by atoms with E-state index < -0.39 is 10.0 Å². The number of rotatable bonds is 6. The van der Waals surface area contributed by atoms with E-state index in [0.29, 0.717) is 29.4 Å². The van der Waals surface area contributed by atoms with Crippen molar-refractivity contribution in [3.05, 3.63) is 87.8 Å². The SMILES string of the molecule is O=S(=O)(c1ccc(/C=C\c2cccc(Cl)c2)cc1)N1CCc2oc(CN3CCCC3)cc2C1. The van der Waals surface area contributed by atoms with Gasteiger partial charge in [-0.05, 0) is 67.4 Å². The molecule has 1 saturated heterocycles. The summed E-state index contributed by atoms with van der Waals surface area (Å²) in [5, 5.41) is 0.684. The van der Waals surface area contributed by atoms with E-state index >= 15 is 0 Å². The minimum Gasteiger partial charge on any atom is -0.464 e. The molecule has 0 saturated carbocycles. The molecule has 0 radical (unpaired) electrons. The van der Waals surface area contributed by atoms with Crippen LogP contribution in [0.3, 0.4) is 0 Å². The van der Waals surface area contributed by atoms with Crippen molar-refractivity contribution in [1.82, 2.24) is 9.21 Å². The Bertz CT molecular complexity index is 1260. The second-order valence-electron chi connectivity index (χ2n) is 8.69. The summed E-state index contributed by atoms with van der Waals surface area (Å²) in [6, 6.07) is 16.6. The monoisotopic (exact) mass is 482 g/mol. The number of benzene rings is 2. The third-order valence-corrected chi connectivity index (χ3v) is 8.39. The molecule has 2 aliphatic rings. The molecule has 172 valence electrons. The number of fused-ring (bicyclic) bond motifs is 1. The smallest absolute Gasteiger partial charge is 0.243 e. The maximum Gasteiger partial charge on any atom is 0.243 e. The van der Waals surface area contributed by atoms with E-state index in [-0.39, 0.29) is 0 Å². The Balaban J connectivity index is 1.27. The average molecular weight is 483 g/mol. The van der Waals surface area contributed by atoms with Crippen molar-refractivity contribution in [1.29, 1.82) is 0 Å². The molecule has 5 nitrogen and oxygen atoms in total. The quantitative estimate of drug-likeness (QED) is 0.438. The molecule has 2 aliphatic heterocycles. The van der Waals surface area contributed by atoms with Crippen molar-refractivity contribution in [2.45, 2.75) is 37.2 Å². The fourth-order valence-corrected chi connectivity index (χ4v) is 6.13. The van der Waals surface area contributed by atoms with Gasteiger partial charge in [-0.1, -0.05) is 48.0 Å². The maximum absolute atomic E-state index is 13.3. The highest BCUT2D eigenvalue weighted by molar-refractivity contribution is 7.89. The standard InChI is InChI=1S/C26H27ClN2O3S/c27-23-5-3-4-21(16-23)7-6-20-8-10-25(11-9-20)33(30,31)29-15-12-26-22(18-29)17-24(32-26)19-28-13-1-2-14-28/h3-11,16-17H,1-2,12-15,18-19H2/b7-6-. The summed E-state index contributed by atoms with van der Waals surface area (Å²) in [6.45, 7) is 3.82. The first-order chi connectivity index (χ1) is 16.0. The van der Waals surface area contributed by atoms with Gasteiger partial charge in [0.25, 0.3) is 0 Å². The van der Waals surface area contributed by atoms with Crippen molar-refractivity contribution < 1.29 is 12.8 Å².